The van der Waals surface area contributed by atoms with Crippen LogP contribution in [0.15, 0.2) is 11.6 Å². The van der Waals surface area contributed by atoms with Crippen molar-refractivity contribution in [1.29, 1.82) is 0 Å². The molecule has 78 valence electrons. The van der Waals surface area contributed by atoms with E-state index in [1.54, 1.807) is 6.08 Å². The van der Waals surface area contributed by atoms with Gasteiger partial charge in [0, 0.05) is 6.08 Å². The molecular formula is C12H18O2. The number of hydrogen-bond acceptors (Lipinski definition) is 2. The van der Waals surface area contributed by atoms with Gasteiger partial charge in [0.15, 0.2) is 0 Å². The second-order valence-corrected chi connectivity index (χ2v) is 4.42. The van der Waals surface area contributed by atoms with Crippen molar-refractivity contribution in [3.8, 4) is 0 Å². The standard InChI is InChI=1S/C12H18O2/c1-14-12(13)8-11-9-4-2-5-10(11)7-3-6-9/h8-10H,2-7H2,1H3. The van der Waals surface area contributed by atoms with E-state index in [1.165, 1.54) is 51.2 Å². The fourth-order valence-electron chi connectivity index (χ4n) is 2.94. The lowest BCUT2D eigenvalue weighted by Crippen LogP contribution is -2.25. The first kappa shape index (κ1) is 9.75. The van der Waals surface area contributed by atoms with Gasteiger partial charge in [-0.25, -0.2) is 4.79 Å². The van der Waals surface area contributed by atoms with Crippen LogP contribution in [-0.4, -0.2) is 13.1 Å². The van der Waals surface area contributed by atoms with Crippen molar-refractivity contribution in [3.63, 3.8) is 0 Å². The Morgan fingerprint density at radius 2 is 1.71 bits per heavy atom. The third-order valence-corrected chi connectivity index (χ3v) is 3.64. The number of hydrogen-bond donors (Lipinski definition) is 0. The highest BCUT2D eigenvalue weighted by Crippen LogP contribution is 2.43. The molecule has 0 aromatic carbocycles. The molecule has 0 aliphatic heterocycles. The fourth-order valence-corrected chi connectivity index (χ4v) is 2.94. The molecule has 2 bridgehead atoms. The summed E-state index contributed by atoms with van der Waals surface area (Å²) in [6, 6.07) is 0. The minimum absolute atomic E-state index is 0.168. The van der Waals surface area contributed by atoms with Crippen LogP contribution in [0.2, 0.25) is 0 Å². The number of esters is 1. The van der Waals surface area contributed by atoms with E-state index in [1.807, 2.05) is 0 Å². The van der Waals surface area contributed by atoms with Gasteiger partial charge >= 0.3 is 5.97 Å². The Labute approximate surface area is 85.3 Å². The summed E-state index contributed by atoms with van der Waals surface area (Å²) in [6.07, 6.45) is 9.55. The topological polar surface area (TPSA) is 26.3 Å². The predicted molar refractivity (Wildman–Crippen MR) is 54.8 cm³/mol. The largest absolute Gasteiger partial charge is 0.466 e. The number of fused-ring (bicyclic) bond motifs is 2. The third-order valence-electron chi connectivity index (χ3n) is 3.64. The van der Waals surface area contributed by atoms with Gasteiger partial charge in [-0.15, -0.1) is 0 Å². The highest BCUT2D eigenvalue weighted by molar-refractivity contribution is 5.82. The molecule has 2 saturated carbocycles. The summed E-state index contributed by atoms with van der Waals surface area (Å²) in [6.45, 7) is 0. The summed E-state index contributed by atoms with van der Waals surface area (Å²) >= 11 is 0. The van der Waals surface area contributed by atoms with Crippen molar-refractivity contribution < 1.29 is 9.53 Å². The maximum absolute atomic E-state index is 11.2. The Hall–Kier alpha value is -0.790. The van der Waals surface area contributed by atoms with Gasteiger partial charge in [0.1, 0.15) is 0 Å². The van der Waals surface area contributed by atoms with Crippen molar-refractivity contribution in [2.75, 3.05) is 7.11 Å². The van der Waals surface area contributed by atoms with Crippen LogP contribution < -0.4 is 0 Å². The maximum atomic E-state index is 11.2. The number of ether oxygens (including phenoxy) is 1. The normalized spacial score (nSPS) is 31.1. The summed E-state index contributed by atoms with van der Waals surface area (Å²) < 4.78 is 4.70. The molecular weight excluding hydrogens is 176 g/mol. The van der Waals surface area contributed by atoms with Crippen molar-refractivity contribution in [1.82, 2.24) is 0 Å². The molecule has 2 aliphatic rings. The number of allylic oxidation sites excluding steroid dienone is 1. The molecule has 0 aromatic heterocycles. The molecule has 14 heavy (non-hydrogen) atoms. The molecule has 0 spiro atoms. The zero-order valence-electron chi connectivity index (χ0n) is 8.79. The smallest absolute Gasteiger partial charge is 0.330 e. The van der Waals surface area contributed by atoms with Gasteiger partial charge in [-0.1, -0.05) is 18.4 Å². The minimum atomic E-state index is -0.168. The van der Waals surface area contributed by atoms with Crippen molar-refractivity contribution in [2.24, 2.45) is 11.8 Å². The van der Waals surface area contributed by atoms with Gasteiger partial charge in [0.2, 0.25) is 0 Å². The van der Waals surface area contributed by atoms with E-state index in [0.717, 1.165) is 0 Å². The van der Waals surface area contributed by atoms with Crippen LogP contribution in [0.25, 0.3) is 0 Å². The molecule has 2 aliphatic carbocycles. The fraction of sp³-hybridized carbons (Fsp3) is 0.750. The molecule has 0 aromatic rings. The van der Waals surface area contributed by atoms with Gasteiger partial charge in [-0.05, 0) is 37.5 Å². The lowest BCUT2D eigenvalue weighted by molar-refractivity contribution is -0.135. The Kier molecular flexibility index (Phi) is 2.90. The molecule has 0 N–H and O–H groups in total. The average Bonchev–Trinajstić information content (AvgIpc) is 2.17. The Bertz CT molecular complexity index is 231. The van der Waals surface area contributed by atoms with Crippen LogP contribution in [0.5, 0.6) is 0 Å². The quantitative estimate of drug-likeness (QED) is 0.474. The molecule has 0 unspecified atom stereocenters. The van der Waals surface area contributed by atoms with Gasteiger partial charge in [-0.2, -0.15) is 0 Å². The number of methoxy groups -OCH3 is 1. The molecule has 0 saturated heterocycles. The molecule has 0 radical (unpaired) electrons. The van der Waals surface area contributed by atoms with E-state index in [0.29, 0.717) is 11.8 Å². The Balaban J connectivity index is 2.15. The molecule has 2 nitrogen and oxygen atoms in total. The van der Waals surface area contributed by atoms with Crippen LogP contribution in [-0.2, 0) is 9.53 Å². The first-order valence-corrected chi connectivity index (χ1v) is 5.60. The van der Waals surface area contributed by atoms with Gasteiger partial charge in [-0.3, -0.25) is 0 Å². The summed E-state index contributed by atoms with van der Waals surface area (Å²) in [7, 11) is 1.46. The van der Waals surface area contributed by atoms with E-state index in [2.05, 4.69) is 0 Å². The van der Waals surface area contributed by atoms with Crippen molar-refractivity contribution >= 4 is 5.97 Å². The van der Waals surface area contributed by atoms with E-state index in [4.69, 9.17) is 4.74 Å². The summed E-state index contributed by atoms with van der Waals surface area (Å²) in [4.78, 5) is 11.2. The second kappa shape index (κ2) is 4.16. The molecule has 0 atom stereocenters. The highest BCUT2D eigenvalue weighted by Gasteiger charge is 2.31. The molecule has 0 amide bonds. The van der Waals surface area contributed by atoms with E-state index in [-0.39, 0.29) is 5.97 Å². The van der Waals surface area contributed by atoms with Gasteiger partial charge in [0.05, 0.1) is 7.11 Å². The van der Waals surface area contributed by atoms with E-state index in [9.17, 15) is 4.79 Å². The average molecular weight is 194 g/mol. The highest BCUT2D eigenvalue weighted by atomic mass is 16.5. The third kappa shape index (κ3) is 1.84. The van der Waals surface area contributed by atoms with Gasteiger partial charge in [0.25, 0.3) is 0 Å². The van der Waals surface area contributed by atoms with Crippen LogP contribution >= 0.6 is 0 Å². The van der Waals surface area contributed by atoms with E-state index >= 15 is 0 Å². The molecule has 0 heterocycles. The first-order valence-electron chi connectivity index (χ1n) is 5.60. The summed E-state index contributed by atoms with van der Waals surface area (Å²) in [5.74, 6) is 1.20. The molecule has 2 heteroatoms. The number of rotatable bonds is 1. The minimum Gasteiger partial charge on any atom is -0.466 e. The van der Waals surface area contributed by atoms with Crippen molar-refractivity contribution in [3.05, 3.63) is 11.6 Å². The van der Waals surface area contributed by atoms with Crippen LogP contribution in [0.4, 0.5) is 0 Å². The first-order chi connectivity index (χ1) is 6.81. The predicted octanol–water partition coefficient (Wildman–Crippen LogP) is 2.69. The van der Waals surface area contributed by atoms with Crippen LogP contribution in [0, 0.1) is 11.8 Å². The van der Waals surface area contributed by atoms with Crippen molar-refractivity contribution in [2.45, 2.75) is 38.5 Å². The summed E-state index contributed by atoms with van der Waals surface area (Å²) in [5.41, 5.74) is 1.38. The zero-order chi connectivity index (χ0) is 9.97. The lowest BCUT2D eigenvalue weighted by atomic mass is 9.68. The maximum Gasteiger partial charge on any atom is 0.330 e. The Morgan fingerprint density at radius 1 is 1.21 bits per heavy atom. The Morgan fingerprint density at radius 3 is 2.14 bits per heavy atom. The number of carbonyl (C=O) groups is 1. The summed E-state index contributed by atoms with van der Waals surface area (Å²) in [5, 5.41) is 0. The van der Waals surface area contributed by atoms with Crippen LogP contribution in [0.1, 0.15) is 38.5 Å². The SMILES string of the molecule is COC(=O)C=C1C2CCCC1CCC2. The van der Waals surface area contributed by atoms with Gasteiger partial charge < -0.3 is 4.74 Å². The molecule has 2 fully saturated rings. The monoisotopic (exact) mass is 194 g/mol. The van der Waals surface area contributed by atoms with Crippen LogP contribution in [0.3, 0.4) is 0 Å². The molecule has 2 rings (SSSR count). The zero-order valence-corrected chi connectivity index (χ0v) is 8.79. The number of carbonyl (C=O) groups excluding carboxylic acids is 1. The second-order valence-electron chi connectivity index (χ2n) is 4.42. The van der Waals surface area contributed by atoms with E-state index < -0.39 is 0 Å². The lowest BCUT2D eigenvalue weighted by Gasteiger charge is -2.37.